The Bertz CT molecular complexity index is 2180. The number of fused-ring (bicyclic) bond motifs is 3. The number of benzene rings is 2. The van der Waals surface area contributed by atoms with Crippen LogP contribution in [0.3, 0.4) is 0 Å². The lowest BCUT2D eigenvalue weighted by Crippen LogP contribution is -2.37. The Morgan fingerprint density at radius 2 is 1.90 bits per heavy atom. The van der Waals surface area contributed by atoms with Crippen LogP contribution in [-0.4, -0.2) is 49.3 Å². The van der Waals surface area contributed by atoms with Gasteiger partial charge in [0.15, 0.2) is 0 Å². The van der Waals surface area contributed by atoms with Crippen LogP contribution in [0.5, 0.6) is 0 Å². The Hall–Kier alpha value is -5.75. The number of amides is 2. The van der Waals surface area contributed by atoms with E-state index in [0.29, 0.717) is 37.7 Å². The molecule has 2 aromatic carbocycles. The van der Waals surface area contributed by atoms with Gasteiger partial charge in [0.2, 0.25) is 5.91 Å². The standard InChI is InChI=1S/C39H35N7O2/c1-24-30-10-5-8-26(32(30)21-41-24)7-3-4-16-40-39(48)34-15-14-29(20-42-34)35-19-28-9-6-11-31(33(28)22-43-35)37-36-23-45(25(2)47)17-18-46(36)38(44-37)27-12-13-27/h5-6,8-11,14-15,19-20,22,27,41H,1,4,12-13,16-18,21,23H2,2H3,(H,40,48). The van der Waals surface area contributed by atoms with Gasteiger partial charge >= 0.3 is 0 Å². The molecule has 2 amide bonds. The summed E-state index contributed by atoms with van der Waals surface area (Å²) in [6.45, 7) is 8.90. The van der Waals surface area contributed by atoms with Gasteiger partial charge in [-0.1, -0.05) is 48.8 Å². The quantitative estimate of drug-likeness (QED) is 0.185. The van der Waals surface area contributed by atoms with Gasteiger partial charge in [-0.25, -0.2) is 4.98 Å². The molecule has 5 heterocycles. The maximum Gasteiger partial charge on any atom is 0.269 e. The zero-order valence-corrected chi connectivity index (χ0v) is 26.8. The van der Waals surface area contributed by atoms with E-state index in [1.165, 1.54) is 18.4 Å². The number of hydrogen-bond acceptors (Lipinski definition) is 6. The fourth-order valence-electron chi connectivity index (χ4n) is 6.70. The first kappa shape index (κ1) is 29.6. The van der Waals surface area contributed by atoms with Crippen molar-refractivity contribution < 1.29 is 9.59 Å². The van der Waals surface area contributed by atoms with Crippen molar-refractivity contribution in [3.8, 4) is 34.4 Å². The van der Waals surface area contributed by atoms with E-state index < -0.39 is 0 Å². The Morgan fingerprint density at radius 1 is 1.04 bits per heavy atom. The highest BCUT2D eigenvalue weighted by molar-refractivity contribution is 5.97. The average Bonchev–Trinajstić information content (AvgIpc) is 3.79. The first-order chi connectivity index (χ1) is 23.4. The summed E-state index contributed by atoms with van der Waals surface area (Å²) in [5.74, 6) is 7.91. The number of hydrogen-bond donors (Lipinski definition) is 2. The third kappa shape index (κ3) is 5.49. The van der Waals surface area contributed by atoms with E-state index >= 15 is 0 Å². The number of carbonyl (C=O) groups excluding carboxylic acids is 2. The number of aromatic nitrogens is 4. The molecule has 8 rings (SSSR count). The van der Waals surface area contributed by atoms with Gasteiger partial charge in [0.05, 0.1) is 23.6 Å². The fraction of sp³-hybridized carbons (Fsp3) is 0.256. The maximum absolute atomic E-state index is 12.8. The van der Waals surface area contributed by atoms with Crippen LogP contribution in [-0.2, 0) is 24.4 Å². The molecule has 3 aliphatic rings. The van der Waals surface area contributed by atoms with Gasteiger partial charge in [-0.2, -0.15) is 0 Å². The first-order valence-corrected chi connectivity index (χ1v) is 16.5. The van der Waals surface area contributed by atoms with Gasteiger partial charge in [0.25, 0.3) is 5.91 Å². The molecule has 9 nitrogen and oxygen atoms in total. The lowest BCUT2D eigenvalue weighted by molar-refractivity contribution is -0.130. The molecule has 0 unspecified atom stereocenters. The molecule has 48 heavy (non-hydrogen) atoms. The van der Waals surface area contributed by atoms with Crippen molar-refractivity contribution in [2.45, 2.75) is 51.7 Å². The van der Waals surface area contributed by atoms with Crippen molar-refractivity contribution >= 4 is 28.3 Å². The second kappa shape index (κ2) is 12.1. The monoisotopic (exact) mass is 633 g/mol. The van der Waals surface area contributed by atoms with E-state index in [9.17, 15) is 9.59 Å². The first-order valence-electron chi connectivity index (χ1n) is 16.5. The lowest BCUT2D eigenvalue weighted by atomic mass is 10.0. The molecule has 238 valence electrons. The van der Waals surface area contributed by atoms with Gasteiger partial charge in [-0.3, -0.25) is 19.6 Å². The lowest BCUT2D eigenvalue weighted by Gasteiger charge is -2.28. The smallest absolute Gasteiger partial charge is 0.269 e. The van der Waals surface area contributed by atoms with Crippen molar-refractivity contribution in [2.24, 2.45) is 0 Å². The van der Waals surface area contributed by atoms with Gasteiger partial charge in [-0.05, 0) is 48.1 Å². The van der Waals surface area contributed by atoms with Crippen molar-refractivity contribution in [2.75, 3.05) is 13.1 Å². The van der Waals surface area contributed by atoms with Crippen LogP contribution >= 0.6 is 0 Å². The van der Waals surface area contributed by atoms with Crippen molar-refractivity contribution in [3.63, 3.8) is 0 Å². The van der Waals surface area contributed by atoms with Crippen molar-refractivity contribution in [1.82, 2.24) is 35.1 Å². The summed E-state index contributed by atoms with van der Waals surface area (Å²) in [6.07, 6.45) is 6.45. The van der Waals surface area contributed by atoms with Crippen molar-refractivity contribution in [1.29, 1.82) is 0 Å². The SMILES string of the molecule is C=C1NCc2c(C#CCCNC(=O)c3ccc(-c4cc5cccc(-c6nc(C7CC7)n7c6CN(C(C)=O)CC7)c5cn4)cn3)cccc21. The highest BCUT2D eigenvalue weighted by atomic mass is 16.2. The zero-order valence-electron chi connectivity index (χ0n) is 26.8. The summed E-state index contributed by atoms with van der Waals surface area (Å²) in [7, 11) is 0. The molecule has 1 fully saturated rings. The highest BCUT2D eigenvalue weighted by Gasteiger charge is 2.34. The summed E-state index contributed by atoms with van der Waals surface area (Å²) in [5.41, 5.74) is 9.22. The molecule has 9 heteroatoms. The Balaban J connectivity index is 0.966. The average molecular weight is 634 g/mol. The van der Waals surface area contributed by atoms with Gasteiger partial charge < -0.3 is 20.1 Å². The van der Waals surface area contributed by atoms with E-state index in [1.54, 1.807) is 19.2 Å². The minimum absolute atomic E-state index is 0.0868. The Morgan fingerprint density at radius 3 is 2.71 bits per heavy atom. The van der Waals surface area contributed by atoms with Crippen LogP contribution in [0.1, 0.15) is 70.8 Å². The van der Waals surface area contributed by atoms with E-state index in [1.807, 2.05) is 35.4 Å². The number of rotatable bonds is 6. The molecule has 5 aromatic rings. The fourth-order valence-corrected chi connectivity index (χ4v) is 6.70. The molecule has 0 spiro atoms. The molecule has 1 saturated carbocycles. The Kier molecular flexibility index (Phi) is 7.48. The van der Waals surface area contributed by atoms with Crippen LogP contribution in [0.4, 0.5) is 0 Å². The molecular weight excluding hydrogens is 598 g/mol. The third-order valence-corrected chi connectivity index (χ3v) is 9.47. The van der Waals surface area contributed by atoms with Gasteiger partial charge in [0, 0.05) is 91.2 Å². The number of imidazole rings is 1. The number of nitrogens with zero attached hydrogens (tertiary/aromatic N) is 5. The number of pyridine rings is 2. The normalized spacial score (nSPS) is 14.9. The predicted octanol–water partition coefficient (Wildman–Crippen LogP) is 5.65. The molecular formula is C39H35N7O2. The van der Waals surface area contributed by atoms with Crippen molar-refractivity contribution in [3.05, 3.63) is 107 Å². The van der Waals surface area contributed by atoms with Gasteiger partial charge in [0.1, 0.15) is 11.5 Å². The van der Waals surface area contributed by atoms with Crippen LogP contribution < -0.4 is 10.6 Å². The number of nitrogens with one attached hydrogen (secondary N) is 2. The summed E-state index contributed by atoms with van der Waals surface area (Å²) in [5, 5.41) is 8.23. The third-order valence-electron chi connectivity index (χ3n) is 9.47. The van der Waals surface area contributed by atoms with Crippen LogP contribution in [0.25, 0.3) is 39.0 Å². The largest absolute Gasteiger partial charge is 0.381 e. The molecule has 0 bridgehead atoms. The Labute approximate surface area is 279 Å². The van der Waals surface area contributed by atoms with Gasteiger partial charge in [-0.15, -0.1) is 0 Å². The van der Waals surface area contributed by atoms with E-state index in [2.05, 4.69) is 62.9 Å². The predicted molar refractivity (Wildman–Crippen MR) is 185 cm³/mol. The highest BCUT2D eigenvalue weighted by Crippen LogP contribution is 2.43. The van der Waals surface area contributed by atoms with E-state index in [0.717, 1.165) is 74.7 Å². The van der Waals surface area contributed by atoms with Crippen LogP contribution in [0.15, 0.2) is 73.6 Å². The second-order valence-electron chi connectivity index (χ2n) is 12.6. The molecule has 0 saturated heterocycles. The molecule has 3 aromatic heterocycles. The second-order valence-corrected chi connectivity index (χ2v) is 12.6. The molecule has 2 N–H and O–H groups in total. The van der Waals surface area contributed by atoms with E-state index in [4.69, 9.17) is 9.97 Å². The van der Waals surface area contributed by atoms with Crippen LogP contribution in [0.2, 0.25) is 0 Å². The minimum Gasteiger partial charge on any atom is -0.381 e. The summed E-state index contributed by atoms with van der Waals surface area (Å²) in [4.78, 5) is 41.4. The zero-order chi connectivity index (χ0) is 32.8. The van der Waals surface area contributed by atoms with Crippen LogP contribution in [0, 0.1) is 11.8 Å². The minimum atomic E-state index is -0.238. The molecule has 0 radical (unpaired) electrons. The summed E-state index contributed by atoms with van der Waals surface area (Å²) in [6, 6.07) is 17.9. The summed E-state index contributed by atoms with van der Waals surface area (Å²) < 4.78 is 2.34. The maximum atomic E-state index is 12.8. The molecule has 0 atom stereocenters. The molecule has 2 aliphatic heterocycles. The summed E-state index contributed by atoms with van der Waals surface area (Å²) >= 11 is 0. The topological polar surface area (TPSA) is 105 Å². The molecule has 1 aliphatic carbocycles. The van der Waals surface area contributed by atoms with E-state index in [-0.39, 0.29) is 11.8 Å². The number of carbonyl (C=O) groups is 2.